The van der Waals surface area contributed by atoms with Crippen molar-refractivity contribution in [3.05, 3.63) is 57.6 Å². The van der Waals surface area contributed by atoms with Crippen LogP contribution in [-0.4, -0.2) is 37.7 Å². The summed E-state index contributed by atoms with van der Waals surface area (Å²) in [4.78, 5) is 23.0. The SMILES string of the molecule is CCOc1cc(C(=O)NCCOc2cccc(C(F)(F)F)c2)c([N+](=O)[O-])cc1OC. The van der Waals surface area contributed by atoms with Gasteiger partial charge in [-0.05, 0) is 25.1 Å². The van der Waals surface area contributed by atoms with Gasteiger partial charge in [-0.1, -0.05) is 6.07 Å². The minimum absolute atomic E-state index is 0.0202. The molecule has 2 aromatic rings. The highest BCUT2D eigenvalue weighted by atomic mass is 19.4. The van der Waals surface area contributed by atoms with Crippen LogP contribution in [0, 0.1) is 10.1 Å². The molecule has 0 bridgehead atoms. The summed E-state index contributed by atoms with van der Waals surface area (Å²) in [5.74, 6) is -0.518. The number of benzene rings is 2. The van der Waals surface area contributed by atoms with Gasteiger partial charge in [0.15, 0.2) is 11.5 Å². The monoisotopic (exact) mass is 428 g/mol. The Morgan fingerprint density at radius 1 is 1.17 bits per heavy atom. The van der Waals surface area contributed by atoms with E-state index in [1.807, 2.05) is 0 Å². The molecule has 11 heteroatoms. The Hall–Kier alpha value is -3.50. The van der Waals surface area contributed by atoms with Gasteiger partial charge >= 0.3 is 6.18 Å². The maximum atomic E-state index is 12.7. The molecule has 0 atom stereocenters. The van der Waals surface area contributed by atoms with E-state index in [1.165, 1.54) is 25.3 Å². The quantitative estimate of drug-likeness (QED) is 0.370. The molecule has 0 aliphatic heterocycles. The lowest BCUT2D eigenvalue weighted by Crippen LogP contribution is -2.28. The van der Waals surface area contributed by atoms with Crippen LogP contribution in [0.1, 0.15) is 22.8 Å². The topological polar surface area (TPSA) is 99.9 Å². The lowest BCUT2D eigenvalue weighted by atomic mass is 10.1. The number of ether oxygens (including phenoxy) is 3. The highest BCUT2D eigenvalue weighted by molar-refractivity contribution is 5.99. The summed E-state index contributed by atoms with van der Waals surface area (Å²) in [6.07, 6.45) is -4.50. The van der Waals surface area contributed by atoms with E-state index in [2.05, 4.69) is 5.32 Å². The van der Waals surface area contributed by atoms with Gasteiger partial charge in [-0.2, -0.15) is 13.2 Å². The summed E-state index contributed by atoms with van der Waals surface area (Å²) in [6, 6.07) is 6.58. The van der Waals surface area contributed by atoms with Crippen molar-refractivity contribution in [2.24, 2.45) is 0 Å². The first-order valence-electron chi connectivity index (χ1n) is 8.74. The van der Waals surface area contributed by atoms with Gasteiger partial charge in [0.2, 0.25) is 0 Å². The average Bonchev–Trinajstić information content (AvgIpc) is 2.70. The fourth-order valence-corrected chi connectivity index (χ4v) is 2.50. The van der Waals surface area contributed by atoms with Crippen molar-refractivity contribution < 1.29 is 37.1 Å². The van der Waals surface area contributed by atoms with E-state index in [4.69, 9.17) is 14.2 Å². The normalized spacial score (nSPS) is 11.0. The summed E-state index contributed by atoms with van der Waals surface area (Å²) in [7, 11) is 1.31. The highest BCUT2D eigenvalue weighted by Gasteiger charge is 2.30. The Labute approximate surface area is 169 Å². The van der Waals surface area contributed by atoms with Crippen LogP contribution >= 0.6 is 0 Å². The van der Waals surface area contributed by atoms with Crippen molar-refractivity contribution in [1.29, 1.82) is 0 Å². The minimum Gasteiger partial charge on any atom is -0.493 e. The van der Waals surface area contributed by atoms with Crippen molar-refractivity contribution in [2.75, 3.05) is 26.9 Å². The number of methoxy groups -OCH3 is 1. The van der Waals surface area contributed by atoms with Crippen LogP contribution in [0.4, 0.5) is 18.9 Å². The molecule has 0 aliphatic rings. The molecule has 0 unspecified atom stereocenters. The molecule has 0 aromatic heterocycles. The standard InChI is InChI=1S/C19H19F3N2O6/c1-3-29-17-10-14(15(24(26)27)11-16(17)28-2)18(25)23-7-8-30-13-6-4-5-12(9-13)19(20,21)22/h4-6,9-11H,3,7-8H2,1-2H3,(H,23,25). The average molecular weight is 428 g/mol. The van der Waals surface area contributed by atoms with Crippen molar-refractivity contribution in [2.45, 2.75) is 13.1 Å². The second-order valence-electron chi connectivity index (χ2n) is 5.84. The number of hydrogen-bond donors (Lipinski definition) is 1. The fraction of sp³-hybridized carbons (Fsp3) is 0.316. The third-order valence-corrected chi connectivity index (χ3v) is 3.84. The van der Waals surface area contributed by atoms with Gasteiger partial charge in [-0.15, -0.1) is 0 Å². The number of carbonyl (C=O) groups excluding carboxylic acids is 1. The Morgan fingerprint density at radius 3 is 2.50 bits per heavy atom. The second-order valence-corrected chi connectivity index (χ2v) is 5.84. The van der Waals surface area contributed by atoms with Gasteiger partial charge in [0.25, 0.3) is 11.6 Å². The van der Waals surface area contributed by atoms with Crippen LogP contribution in [-0.2, 0) is 6.18 Å². The lowest BCUT2D eigenvalue weighted by molar-refractivity contribution is -0.385. The minimum atomic E-state index is -4.50. The van der Waals surface area contributed by atoms with Crippen molar-refractivity contribution in [3.63, 3.8) is 0 Å². The third-order valence-electron chi connectivity index (χ3n) is 3.84. The van der Waals surface area contributed by atoms with Crippen molar-refractivity contribution >= 4 is 11.6 Å². The van der Waals surface area contributed by atoms with E-state index >= 15 is 0 Å². The van der Waals surface area contributed by atoms with Crippen LogP contribution in [0.5, 0.6) is 17.2 Å². The molecule has 30 heavy (non-hydrogen) atoms. The van der Waals surface area contributed by atoms with E-state index in [-0.39, 0.29) is 42.6 Å². The summed E-state index contributed by atoms with van der Waals surface area (Å²) in [5, 5.41) is 13.7. The molecule has 0 saturated carbocycles. The van der Waals surface area contributed by atoms with E-state index in [0.29, 0.717) is 0 Å². The number of nitrogens with zero attached hydrogens (tertiary/aromatic N) is 1. The predicted octanol–water partition coefficient (Wildman–Crippen LogP) is 3.83. The first kappa shape index (κ1) is 22.8. The van der Waals surface area contributed by atoms with E-state index in [1.54, 1.807) is 6.92 Å². The first-order chi connectivity index (χ1) is 14.2. The van der Waals surface area contributed by atoms with Crippen molar-refractivity contribution in [1.82, 2.24) is 5.32 Å². The molecular weight excluding hydrogens is 409 g/mol. The maximum absolute atomic E-state index is 12.7. The predicted molar refractivity (Wildman–Crippen MR) is 100 cm³/mol. The highest BCUT2D eigenvalue weighted by Crippen LogP contribution is 2.35. The number of nitro groups is 1. The molecule has 2 rings (SSSR count). The van der Waals surface area contributed by atoms with Crippen LogP contribution in [0.15, 0.2) is 36.4 Å². The summed E-state index contributed by atoms with van der Waals surface area (Å²) in [6.45, 7) is 1.71. The second kappa shape index (κ2) is 9.81. The number of rotatable bonds is 9. The first-order valence-corrected chi connectivity index (χ1v) is 8.74. The molecular formula is C19H19F3N2O6. The number of nitro benzene ring substituents is 1. The Morgan fingerprint density at radius 2 is 1.90 bits per heavy atom. The van der Waals surface area contributed by atoms with E-state index in [0.717, 1.165) is 18.2 Å². The number of halogens is 3. The molecule has 0 spiro atoms. The number of hydrogen-bond acceptors (Lipinski definition) is 6. The number of carbonyl (C=O) groups is 1. The molecule has 0 fully saturated rings. The molecule has 162 valence electrons. The number of amides is 1. The molecule has 1 amide bonds. The lowest BCUT2D eigenvalue weighted by Gasteiger charge is -2.13. The zero-order chi connectivity index (χ0) is 22.3. The van der Waals surface area contributed by atoms with Crippen LogP contribution in [0.25, 0.3) is 0 Å². The van der Waals surface area contributed by atoms with E-state index < -0.39 is 28.3 Å². The molecule has 2 aromatic carbocycles. The molecule has 0 aliphatic carbocycles. The molecule has 0 saturated heterocycles. The number of nitrogens with one attached hydrogen (secondary N) is 1. The summed E-state index contributed by atoms with van der Waals surface area (Å²) >= 11 is 0. The van der Waals surface area contributed by atoms with Crippen LogP contribution in [0.2, 0.25) is 0 Å². The van der Waals surface area contributed by atoms with Gasteiger partial charge < -0.3 is 19.5 Å². The van der Waals surface area contributed by atoms with Gasteiger partial charge in [0.1, 0.15) is 17.9 Å². The van der Waals surface area contributed by atoms with Gasteiger partial charge in [0.05, 0.1) is 36.8 Å². The molecule has 0 radical (unpaired) electrons. The smallest absolute Gasteiger partial charge is 0.416 e. The fourth-order valence-electron chi connectivity index (χ4n) is 2.50. The number of alkyl halides is 3. The summed E-state index contributed by atoms with van der Waals surface area (Å²) in [5.41, 5.74) is -1.59. The molecule has 8 nitrogen and oxygen atoms in total. The Bertz CT molecular complexity index is 918. The van der Waals surface area contributed by atoms with Crippen LogP contribution < -0.4 is 19.5 Å². The third kappa shape index (κ3) is 5.75. The molecule has 0 heterocycles. The van der Waals surface area contributed by atoms with Gasteiger partial charge in [-0.25, -0.2) is 0 Å². The largest absolute Gasteiger partial charge is 0.493 e. The maximum Gasteiger partial charge on any atom is 0.416 e. The van der Waals surface area contributed by atoms with E-state index in [9.17, 15) is 28.1 Å². The molecule has 1 N–H and O–H groups in total. The van der Waals surface area contributed by atoms with Crippen LogP contribution in [0.3, 0.4) is 0 Å². The summed E-state index contributed by atoms with van der Waals surface area (Å²) < 4.78 is 53.7. The Balaban J connectivity index is 2.06. The van der Waals surface area contributed by atoms with Gasteiger partial charge in [-0.3, -0.25) is 14.9 Å². The van der Waals surface area contributed by atoms with Gasteiger partial charge in [0, 0.05) is 6.07 Å². The zero-order valence-corrected chi connectivity index (χ0v) is 16.1. The zero-order valence-electron chi connectivity index (χ0n) is 16.1. The Kier molecular flexibility index (Phi) is 7.45. The van der Waals surface area contributed by atoms with Crippen molar-refractivity contribution in [3.8, 4) is 17.2 Å².